The summed E-state index contributed by atoms with van der Waals surface area (Å²) in [5.41, 5.74) is -1.26. The van der Waals surface area contributed by atoms with E-state index in [-0.39, 0.29) is 11.4 Å². The normalized spacial score (nSPS) is 23.7. The van der Waals surface area contributed by atoms with Crippen LogP contribution >= 0.6 is 19.3 Å². The van der Waals surface area contributed by atoms with E-state index in [4.69, 9.17) is 30.1 Å². The van der Waals surface area contributed by atoms with Crippen LogP contribution in [-0.2, 0) is 23.4 Å². The lowest BCUT2D eigenvalue weighted by Crippen LogP contribution is -2.48. The number of aliphatic hydroxyl groups is 1. The number of imidazole rings is 1. The quantitative estimate of drug-likeness (QED) is 0.109. The molecule has 242 valence electrons. The number of carbonyl (C=O) groups is 1. The van der Waals surface area contributed by atoms with E-state index in [1.165, 1.54) is 17.8 Å². The Balaban J connectivity index is 1.45. The smallest absolute Gasteiger partial charge is 0.459 e. The summed E-state index contributed by atoms with van der Waals surface area (Å²) in [6.07, 6.45) is -4.36. The number of ether oxygens (including phenoxy) is 2. The van der Waals surface area contributed by atoms with Crippen LogP contribution in [0, 0.1) is 6.92 Å². The number of alkyl halides is 2. The molecule has 0 bridgehead atoms. The summed E-state index contributed by atoms with van der Waals surface area (Å²) in [5, 5.41) is 18.1. The van der Waals surface area contributed by atoms with E-state index in [0.717, 1.165) is 5.39 Å². The van der Waals surface area contributed by atoms with Gasteiger partial charge in [-0.15, -0.1) is 11.6 Å². The minimum Gasteiger partial charge on any atom is -0.462 e. The zero-order chi connectivity index (χ0) is 32.5. The van der Waals surface area contributed by atoms with Gasteiger partial charge in [-0.3, -0.25) is 13.9 Å². The molecule has 1 saturated heterocycles. The second-order valence-electron chi connectivity index (χ2n) is 11.0. The fourth-order valence-electron chi connectivity index (χ4n) is 5.00. The lowest BCUT2D eigenvalue weighted by Gasteiger charge is -2.31. The number of hydrogen-bond acceptors (Lipinski definition) is 11. The topological polar surface area (TPSA) is 159 Å². The third-order valence-corrected chi connectivity index (χ3v) is 9.31. The highest BCUT2D eigenvalue weighted by molar-refractivity contribution is 7.52. The maximum absolute atomic E-state index is 15.8. The Morgan fingerprint density at radius 2 is 1.96 bits per heavy atom. The predicted octanol–water partition coefficient (Wildman–Crippen LogP) is 4.67. The van der Waals surface area contributed by atoms with E-state index in [0.29, 0.717) is 22.5 Å². The number of hydrogen-bond donors (Lipinski definition) is 3. The van der Waals surface area contributed by atoms with Gasteiger partial charge in [0.15, 0.2) is 29.4 Å². The maximum Gasteiger partial charge on any atom is 0.459 e. The summed E-state index contributed by atoms with van der Waals surface area (Å²) >= 11 is 6.31. The van der Waals surface area contributed by atoms with Crippen molar-refractivity contribution in [3.8, 4) is 5.75 Å². The number of carbonyl (C=O) groups excluding carboxylic acids is 1. The zero-order valence-corrected chi connectivity index (χ0v) is 27.0. The number of rotatable bonds is 12. The molecule has 1 aliphatic rings. The van der Waals surface area contributed by atoms with Gasteiger partial charge in [0.2, 0.25) is 0 Å². The predicted molar refractivity (Wildman–Crippen MR) is 166 cm³/mol. The van der Waals surface area contributed by atoms with Gasteiger partial charge >= 0.3 is 13.7 Å². The van der Waals surface area contributed by atoms with E-state index in [1.54, 1.807) is 52.1 Å². The van der Waals surface area contributed by atoms with Crippen molar-refractivity contribution in [3.05, 3.63) is 54.6 Å². The van der Waals surface area contributed by atoms with Crippen molar-refractivity contribution in [1.29, 1.82) is 0 Å². The average Bonchev–Trinajstić information content (AvgIpc) is 3.54. The Labute approximate surface area is 264 Å². The van der Waals surface area contributed by atoms with Gasteiger partial charge in [0.1, 0.15) is 29.3 Å². The van der Waals surface area contributed by atoms with Crippen LogP contribution in [0.5, 0.6) is 5.75 Å². The summed E-state index contributed by atoms with van der Waals surface area (Å²) < 4.78 is 54.6. The fraction of sp³-hybridized carbons (Fsp3) is 0.448. The second kappa shape index (κ2) is 13.1. The maximum atomic E-state index is 15.8. The van der Waals surface area contributed by atoms with Crippen LogP contribution < -0.4 is 14.9 Å². The first-order chi connectivity index (χ1) is 21.4. The standard InChI is InChI=1S/C29H35ClFN6O7P/c1-16(2)42-28(39)17(3)36-45(40,44-21-12-8-10-19-9-6-7-11-20(19)21)41-14-29(13-30)24(38)22(31)27(43-29)37-15-33-23-25(32-5)34-18(4)35-26(23)37/h6-12,15-17,22,24,27,38H,13-14H2,1-5H3,(H,36,40)(H,32,34,35)/t17-,22+,24+,27-,29-,45+/m1/s1. The van der Waals surface area contributed by atoms with Crippen LogP contribution in [0.1, 0.15) is 32.8 Å². The first-order valence-electron chi connectivity index (χ1n) is 14.3. The molecule has 1 fully saturated rings. The van der Waals surface area contributed by atoms with Crippen molar-refractivity contribution in [2.75, 3.05) is 24.9 Å². The number of anilines is 1. The van der Waals surface area contributed by atoms with Gasteiger partial charge in [0.05, 0.1) is 24.9 Å². The first kappa shape index (κ1) is 33.0. The Kier molecular flexibility index (Phi) is 9.64. The third-order valence-electron chi connectivity index (χ3n) is 7.24. The fourth-order valence-corrected chi connectivity index (χ4v) is 6.86. The molecular formula is C29H35ClFN6O7P. The molecule has 6 atom stereocenters. The molecule has 13 nitrogen and oxygen atoms in total. The Morgan fingerprint density at radius 3 is 2.67 bits per heavy atom. The van der Waals surface area contributed by atoms with Crippen molar-refractivity contribution < 1.29 is 37.4 Å². The number of fused-ring (bicyclic) bond motifs is 2. The number of aliphatic hydroxyl groups excluding tert-OH is 1. The highest BCUT2D eigenvalue weighted by Crippen LogP contribution is 2.50. The number of halogens is 2. The van der Waals surface area contributed by atoms with Crippen LogP contribution in [-0.4, -0.2) is 80.2 Å². The molecule has 3 heterocycles. The van der Waals surface area contributed by atoms with Crippen molar-refractivity contribution in [3.63, 3.8) is 0 Å². The van der Waals surface area contributed by atoms with Gasteiger partial charge in [0.25, 0.3) is 0 Å². The van der Waals surface area contributed by atoms with Crippen molar-refractivity contribution in [1.82, 2.24) is 24.6 Å². The van der Waals surface area contributed by atoms with Crippen LogP contribution in [0.4, 0.5) is 10.2 Å². The van der Waals surface area contributed by atoms with Gasteiger partial charge < -0.3 is 24.4 Å². The molecule has 0 saturated carbocycles. The summed E-state index contributed by atoms with van der Waals surface area (Å²) in [7, 11) is -2.79. The number of aromatic nitrogens is 4. The van der Waals surface area contributed by atoms with E-state index in [2.05, 4.69) is 25.4 Å². The molecule has 4 aromatic rings. The molecule has 1 aliphatic heterocycles. The number of nitrogens with one attached hydrogen (secondary N) is 2. The highest BCUT2D eigenvalue weighted by atomic mass is 35.5. The molecule has 0 spiro atoms. The molecule has 2 aromatic carbocycles. The summed E-state index contributed by atoms with van der Waals surface area (Å²) in [5.74, 6) is -0.124. The molecule has 0 aliphatic carbocycles. The molecular weight excluding hydrogens is 630 g/mol. The average molecular weight is 665 g/mol. The highest BCUT2D eigenvalue weighted by Gasteiger charge is 2.57. The van der Waals surface area contributed by atoms with Gasteiger partial charge in [-0.1, -0.05) is 36.4 Å². The summed E-state index contributed by atoms with van der Waals surface area (Å²) in [6.45, 7) is 5.78. The van der Waals surface area contributed by atoms with E-state index < -0.39 is 62.5 Å². The van der Waals surface area contributed by atoms with Gasteiger partial charge in [-0.2, -0.15) is 5.09 Å². The molecule has 0 unspecified atom stereocenters. The van der Waals surface area contributed by atoms with Gasteiger partial charge in [-0.25, -0.2) is 23.9 Å². The Bertz CT molecular complexity index is 1740. The molecule has 2 aromatic heterocycles. The molecule has 45 heavy (non-hydrogen) atoms. The van der Waals surface area contributed by atoms with Gasteiger partial charge in [0, 0.05) is 12.4 Å². The van der Waals surface area contributed by atoms with E-state index in [9.17, 15) is 14.5 Å². The number of benzene rings is 2. The van der Waals surface area contributed by atoms with E-state index >= 15 is 4.39 Å². The number of nitrogens with zero attached hydrogens (tertiary/aromatic N) is 4. The Morgan fingerprint density at radius 1 is 1.22 bits per heavy atom. The van der Waals surface area contributed by atoms with Gasteiger partial charge in [-0.05, 0) is 39.1 Å². The monoisotopic (exact) mass is 664 g/mol. The lowest BCUT2D eigenvalue weighted by molar-refractivity contribution is -0.149. The minimum atomic E-state index is -4.46. The largest absolute Gasteiger partial charge is 0.462 e. The molecule has 16 heteroatoms. The van der Waals surface area contributed by atoms with Crippen LogP contribution in [0.2, 0.25) is 0 Å². The first-order valence-corrected chi connectivity index (χ1v) is 16.3. The lowest BCUT2D eigenvalue weighted by atomic mass is 9.99. The summed E-state index contributed by atoms with van der Waals surface area (Å²) in [4.78, 5) is 25.6. The number of aryl methyl sites for hydroxylation is 1. The van der Waals surface area contributed by atoms with Crippen molar-refractivity contribution >= 4 is 53.1 Å². The molecule has 0 radical (unpaired) electrons. The zero-order valence-electron chi connectivity index (χ0n) is 25.3. The van der Waals surface area contributed by atoms with Crippen molar-refractivity contribution in [2.24, 2.45) is 0 Å². The minimum absolute atomic E-state index is 0.197. The Hall–Kier alpha value is -3.39. The van der Waals surface area contributed by atoms with Crippen LogP contribution in [0.3, 0.4) is 0 Å². The van der Waals surface area contributed by atoms with Crippen molar-refractivity contribution in [2.45, 2.75) is 63.9 Å². The van der Waals surface area contributed by atoms with Crippen LogP contribution in [0.15, 0.2) is 48.8 Å². The molecule has 3 N–H and O–H groups in total. The molecule has 0 amide bonds. The SMILES string of the molecule is CNc1nc(C)nc2c1ncn2[C@@H]1O[C@](CCl)(CO[P@@](=O)(N[C@H](C)C(=O)OC(C)C)Oc2cccc3ccccc23)[C@@H](O)[C@@H]1F. The third kappa shape index (κ3) is 6.62. The van der Waals surface area contributed by atoms with E-state index in [1.807, 2.05) is 18.2 Å². The second-order valence-corrected chi connectivity index (χ2v) is 12.9. The number of esters is 1. The summed E-state index contributed by atoms with van der Waals surface area (Å²) in [6, 6.07) is 11.3. The van der Waals surface area contributed by atoms with Crippen LogP contribution in [0.25, 0.3) is 21.9 Å². The molecule has 5 rings (SSSR count).